The van der Waals surface area contributed by atoms with Gasteiger partial charge in [0.2, 0.25) is 0 Å². The number of carbonyl (C=O) groups excluding carboxylic acids is 3. The van der Waals surface area contributed by atoms with Crippen LogP contribution < -0.4 is 10.4 Å². The molecule has 0 bridgehead atoms. The first-order chi connectivity index (χ1) is 21.0. The van der Waals surface area contributed by atoms with Gasteiger partial charge in [0, 0.05) is 6.54 Å². The van der Waals surface area contributed by atoms with Crippen LogP contribution in [0.1, 0.15) is 88.2 Å². The minimum Gasteiger partial charge on any atom is -0.548 e. The fourth-order valence-corrected chi connectivity index (χ4v) is 6.36. The zero-order valence-electron chi connectivity index (χ0n) is 25.2. The van der Waals surface area contributed by atoms with Crippen LogP contribution in [0.15, 0.2) is 60.7 Å². The number of ether oxygens (including phenoxy) is 2. The molecule has 1 unspecified atom stereocenters. The Bertz CT molecular complexity index is 1100. The maximum absolute atomic E-state index is 12.6. The molecule has 2 N–H and O–H groups in total. The third-order valence-corrected chi connectivity index (χ3v) is 8.60. The van der Waals surface area contributed by atoms with Gasteiger partial charge < -0.3 is 24.7 Å². The Kier molecular flexibility index (Phi) is 13.2. The predicted molar refractivity (Wildman–Crippen MR) is 160 cm³/mol. The van der Waals surface area contributed by atoms with Gasteiger partial charge in [0.1, 0.15) is 19.4 Å². The molecule has 5 rings (SSSR count). The second-order valence-electron chi connectivity index (χ2n) is 11.9. The Hall–Kier alpha value is -3.59. The van der Waals surface area contributed by atoms with Gasteiger partial charge in [-0.25, -0.2) is 9.59 Å². The first-order valence-electron chi connectivity index (χ1n) is 16.0. The van der Waals surface area contributed by atoms with E-state index in [9.17, 15) is 19.5 Å². The third kappa shape index (κ3) is 10.9. The number of rotatable bonds is 9. The molecule has 9 heteroatoms. The van der Waals surface area contributed by atoms with Crippen LogP contribution in [0.4, 0.5) is 9.59 Å². The highest BCUT2D eigenvalue weighted by Gasteiger charge is 2.37. The smallest absolute Gasteiger partial charge is 0.412 e. The van der Waals surface area contributed by atoms with Crippen molar-refractivity contribution in [3.8, 4) is 0 Å². The summed E-state index contributed by atoms with van der Waals surface area (Å²) in [4.78, 5) is 38.8. The van der Waals surface area contributed by atoms with Crippen molar-refractivity contribution < 1.29 is 34.3 Å². The van der Waals surface area contributed by atoms with Crippen molar-refractivity contribution in [1.29, 1.82) is 0 Å². The predicted octanol–water partition coefficient (Wildman–Crippen LogP) is 4.35. The lowest BCUT2D eigenvalue weighted by Crippen LogP contribution is -2.95. The van der Waals surface area contributed by atoms with Crippen molar-refractivity contribution in [2.24, 2.45) is 0 Å². The van der Waals surface area contributed by atoms with E-state index in [4.69, 9.17) is 9.47 Å². The highest BCUT2D eigenvalue weighted by atomic mass is 16.6. The van der Waals surface area contributed by atoms with E-state index in [1.807, 2.05) is 48.5 Å². The second kappa shape index (κ2) is 17.5. The molecule has 3 aliphatic rings. The molecule has 9 nitrogen and oxygen atoms in total. The number of likely N-dealkylation sites (tertiary alicyclic amines) is 1. The number of hydrogen-bond donors (Lipinski definition) is 1. The average molecular weight is 594 g/mol. The summed E-state index contributed by atoms with van der Waals surface area (Å²) in [5, 5.41) is 14.0. The maximum Gasteiger partial charge on any atom is 0.412 e. The molecule has 2 saturated carbocycles. The van der Waals surface area contributed by atoms with Crippen molar-refractivity contribution in [1.82, 2.24) is 9.80 Å². The lowest BCUT2D eigenvalue weighted by atomic mass is 9.91. The number of carbonyl (C=O) groups is 3. The Morgan fingerprint density at radius 2 is 1.23 bits per heavy atom. The summed E-state index contributed by atoms with van der Waals surface area (Å²) < 4.78 is 10.6. The Balaban J connectivity index is 0.000000269. The molecule has 234 valence electrons. The van der Waals surface area contributed by atoms with Gasteiger partial charge >= 0.3 is 12.2 Å². The monoisotopic (exact) mass is 593 g/mol. The van der Waals surface area contributed by atoms with E-state index in [1.54, 1.807) is 12.1 Å². The van der Waals surface area contributed by atoms with Crippen molar-refractivity contribution >= 4 is 18.2 Å². The maximum atomic E-state index is 12.6. The van der Waals surface area contributed by atoms with Crippen molar-refractivity contribution in [3.05, 3.63) is 71.8 Å². The number of benzene rings is 2. The van der Waals surface area contributed by atoms with Gasteiger partial charge in [0.05, 0.1) is 24.6 Å². The number of amides is 2. The Labute approximate surface area is 255 Å². The zero-order chi connectivity index (χ0) is 30.3. The lowest BCUT2D eigenvalue weighted by Gasteiger charge is -2.34. The van der Waals surface area contributed by atoms with Gasteiger partial charge in [0.15, 0.2) is 0 Å². The molecular formula is C34H47N3O6. The zero-order valence-corrected chi connectivity index (χ0v) is 25.2. The normalized spacial score (nSPS) is 19.2. The fraction of sp³-hybridized carbons (Fsp3) is 0.559. The number of quaternary nitrogens is 1. The molecule has 1 saturated heterocycles. The molecule has 0 radical (unpaired) electrons. The van der Waals surface area contributed by atoms with E-state index >= 15 is 0 Å². The van der Waals surface area contributed by atoms with Crippen molar-refractivity contribution in [2.45, 2.75) is 109 Å². The Morgan fingerprint density at radius 1 is 0.721 bits per heavy atom. The van der Waals surface area contributed by atoms with Crippen LogP contribution in [0.3, 0.4) is 0 Å². The van der Waals surface area contributed by atoms with Crippen LogP contribution in [0.2, 0.25) is 0 Å². The third-order valence-electron chi connectivity index (χ3n) is 8.60. The minimum absolute atomic E-state index is 0.00556. The van der Waals surface area contributed by atoms with Crippen LogP contribution >= 0.6 is 0 Å². The Morgan fingerprint density at radius 3 is 1.74 bits per heavy atom. The summed E-state index contributed by atoms with van der Waals surface area (Å²) in [5.41, 5.74) is 1.60. The summed E-state index contributed by atoms with van der Waals surface area (Å²) in [5.74, 6) is -1.43. The van der Waals surface area contributed by atoms with Gasteiger partial charge in [-0.15, -0.1) is 0 Å². The molecule has 1 aliphatic heterocycles. The van der Waals surface area contributed by atoms with Crippen LogP contribution in [-0.4, -0.2) is 59.3 Å². The first kappa shape index (κ1) is 32.3. The van der Waals surface area contributed by atoms with Crippen LogP contribution in [0.5, 0.6) is 0 Å². The second-order valence-corrected chi connectivity index (χ2v) is 11.9. The molecule has 1 heterocycles. The summed E-state index contributed by atoms with van der Waals surface area (Å²) in [7, 11) is 0. The number of carboxylic acids is 1. The van der Waals surface area contributed by atoms with Gasteiger partial charge in [-0.05, 0) is 75.3 Å². The topological polar surface area (TPSA) is 116 Å². The van der Waals surface area contributed by atoms with Crippen molar-refractivity contribution in [3.63, 3.8) is 0 Å². The highest BCUT2D eigenvalue weighted by Crippen LogP contribution is 2.23. The summed E-state index contributed by atoms with van der Waals surface area (Å²) in [6, 6.07) is 20.2. The molecule has 0 aromatic heterocycles. The van der Waals surface area contributed by atoms with Crippen LogP contribution in [0, 0.1) is 0 Å². The standard InChI is InChI=1S/C22H24N2O6.C12H23N/c25-20(26)14-24(22(28)30-16-18-10-5-2-6-11-18)19-12-7-13-23(19)21(27)29-15-17-8-3-1-4-9-17;1-3-7-11(8-4-1)13-12-9-5-2-6-10-12/h1-6,8-11,19H,7,12-16H2,(H,25,26);11-13H,1-10H2. The number of hydrogen-bond acceptors (Lipinski definition) is 6. The molecule has 2 aromatic rings. The lowest BCUT2D eigenvalue weighted by molar-refractivity contribution is -0.725. The van der Waals surface area contributed by atoms with Gasteiger partial charge in [0.25, 0.3) is 0 Å². The molecule has 3 fully saturated rings. The van der Waals surface area contributed by atoms with Crippen molar-refractivity contribution in [2.75, 3.05) is 13.1 Å². The minimum atomic E-state index is -1.43. The van der Waals surface area contributed by atoms with E-state index in [2.05, 4.69) is 5.32 Å². The number of aliphatic carboxylic acids is 1. The van der Waals surface area contributed by atoms with E-state index in [0.29, 0.717) is 19.4 Å². The van der Waals surface area contributed by atoms with Crippen LogP contribution in [-0.2, 0) is 27.5 Å². The molecule has 43 heavy (non-hydrogen) atoms. The summed E-state index contributed by atoms with van der Waals surface area (Å²) >= 11 is 0. The van der Waals surface area contributed by atoms with Gasteiger partial charge in [-0.1, -0.05) is 73.5 Å². The number of nitrogens with zero attached hydrogens (tertiary/aromatic N) is 2. The largest absolute Gasteiger partial charge is 0.548 e. The number of nitrogens with two attached hydrogens (primary N) is 1. The molecule has 0 spiro atoms. The molecule has 2 aliphatic carbocycles. The fourth-order valence-electron chi connectivity index (χ4n) is 6.36. The van der Waals surface area contributed by atoms with Gasteiger partial charge in [-0.2, -0.15) is 0 Å². The quantitative estimate of drug-likeness (QED) is 0.462. The molecular weight excluding hydrogens is 546 g/mol. The molecule has 2 aromatic carbocycles. The number of carboxylic acid groups (broad SMARTS) is 1. The summed E-state index contributed by atoms with van der Waals surface area (Å²) in [6.45, 7) is -0.245. The molecule has 1 atom stereocenters. The molecule has 2 amide bonds. The summed E-state index contributed by atoms with van der Waals surface area (Å²) in [6.07, 6.45) is 13.8. The van der Waals surface area contributed by atoms with E-state index < -0.39 is 30.9 Å². The van der Waals surface area contributed by atoms with E-state index in [-0.39, 0.29) is 13.2 Å². The van der Waals surface area contributed by atoms with Crippen LogP contribution in [0.25, 0.3) is 0 Å². The van der Waals surface area contributed by atoms with E-state index in [1.165, 1.54) is 69.1 Å². The SMILES string of the molecule is C1CCC([NH2+]C2CCCCC2)CC1.O=C([O-])CN(C(=O)OCc1ccccc1)C1CCCN1C(=O)OCc1ccccc1. The van der Waals surface area contributed by atoms with E-state index in [0.717, 1.165) is 28.1 Å². The first-order valence-corrected chi connectivity index (χ1v) is 16.0. The average Bonchev–Trinajstić information content (AvgIpc) is 3.53. The van der Waals surface area contributed by atoms with Gasteiger partial charge in [-0.3, -0.25) is 9.80 Å². The highest BCUT2D eigenvalue weighted by molar-refractivity contribution is 5.77.